The van der Waals surface area contributed by atoms with Gasteiger partial charge in [0.1, 0.15) is 69.0 Å². The van der Waals surface area contributed by atoms with Crippen LogP contribution in [0.25, 0.3) is 10.8 Å². The lowest BCUT2D eigenvalue weighted by Crippen LogP contribution is -3.00. The van der Waals surface area contributed by atoms with Crippen molar-refractivity contribution in [3.63, 3.8) is 0 Å². The number of nitrogens with zero attached hydrogens (tertiary/aromatic N) is 9. The molecular weight excluding hydrogens is 1890 g/mol. The van der Waals surface area contributed by atoms with Crippen molar-refractivity contribution in [1.82, 2.24) is 34.3 Å². The zero-order chi connectivity index (χ0) is 97.9. The summed E-state index contributed by atoms with van der Waals surface area (Å²) in [4.78, 5) is 69.2. The predicted octanol–water partition coefficient (Wildman–Crippen LogP) is 18.7. The Morgan fingerprint density at radius 3 is 0.914 bits per heavy atom. The predicted molar refractivity (Wildman–Crippen MR) is 608 cm³/mol. The standard InChI is InChI=1S/C18H23OS.C12H17NO.4C12H15OS.2C11H22N2.C10H20N2.C9H21N2.BrH/c1-2-3-12-19-17-10-11-18(20-13-6-7-14-20)16-9-5-4-8-15(16)17;1-14-12-7-5-11(6-8-12)13-9-3-2-4-10-13;4*13-12(10-14-8-4-5-9-14)11-6-2-1-3-7-11;2*1-12-9-5-11(6-10-12)13-7-3-2-4-8-13;1-11-8-4-10(5-9-11)12-6-2-3-7-12;1-10-7-5-9(6-8-10)11(2,3)4;/h4-5,8-11H,2-3,6-7,12-14H2,1H3;5-8H,2-4,9-10H2,1H3;4*1-3,6-7H,4-5,8-10H2;2*11H,2-10H2,1H3;10H,2-9H2,1H3;9H,5-8H2,1-4H3;1H/q+1;;4*+1;;;;+1;/p-1. The summed E-state index contributed by atoms with van der Waals surface area (Å²) in [7, 11) is 19.6. The van der Waals surface area contributed by atoms with Gasteiger partial charge in [-0.15, -0.1) is 0 Å². The van der Waals surface area contributed by atoms with E-state index in [0.717, 1.165) is 98.4 Å². The number of carbonyl (C=O) groups is 4. The lowest BCUT2D eigenvalue weighted by Gasteiger charge is -2.39. The van der Waals surface area contributed by atoms with Gasteiger partial charge >= 0.3 is 0 Å². The molecule has 13 fully saturated rings. The van der Waals surface area contributed by atoms with Crippen LogP contribution < -0.4 is 31.4 Å². The topological polar surface area (TPSA) is 113 Å². The molecule has 140 heavy (non-hydrogen) atoms. The highest BCUT2D eigenvalue weighted by Crippen LogP contribution is 2.36. The lowest BCUT2D eigenvalue weighted by atomic mass is 10.0. The SMILES string of the molecule is CCCCOc1ccc([S+]2CCCC2)c2ccccc12.CN1CCC(N2CCCC2)CC1.CN1CCC(N2CCCCC2)CC1.CN1CCC(N2CCCCC2)CC1.CN1CCC([N+](C)(C)C)CC1.COc1ccc(N2CCCCC2)cc1.O=C(C[S+]1CCCC1)c1ccccc1.O=C(C[S+]1CCCC1)c1ccccc1.O=C(C[S+]1CCCC1)c1ccccc1.O=C(C[S+]1CCCC1)c1ccccc1.[Br-]. The van der Waals surface area contributed by atoms with Crippen molar-refractivity contribution in [2.24, 2.45) is 0 Å². The molecule has 21 heteroatoms. The van der Waals surface area contributed by atoms with E-state index in [1.54, 1.807) is 12.0 Å². The molecule has 0 amide bonds. The molecule has 774 valence electrons. The molecule has 13 heterocycles. The molecule has 13 aliphatic rings. The number of methoxy groups -OCH3 is 1. The van der Waals surface area contributed by atoms with Gasteiger partial charge in [0.15, 0.2) is 27.9 Å². The number of rotatable bonds is 23. The minimum Gasteiger partial charge on any atom is -1.00 e. The maximum atomic E-state index is 11.8. The van der Waals surface area contributed by atoms with E-state index in [1.165, 1.54) is 371 Å². The number of benzene rings is 7. The van der Waals surface area contributed by atoms with Crippen LogP contribution in [0.4, 0.5) is 5.69 Å². The summed E-state index contributed by atoms with van der Waals surface area (Å²) < 4.78 is 12.3. The summed E-state index contributed by atoms with van der Waals surface area (Å²) in [5.41, 5.74) is 4.85. The Morgan fingerprint density at radius 2 is 0.607 bits per heavy atom. The van der Waals surface area contributed by atoms with E-state index < -0.39 is 0 Å². The molecule has 13 aliphatic heterocycles. The molecule has 0 unspecified atom stereocenters. The molecule has 0 atom stereocenters. The van der Waals surface area contributed by atoms with Crippen molar-refractivity contribution >= 4 is 94.1 Å². The number of halogens is 1. The minimum atomic E-state index is 0. The third-order valence-electron chi connectivity index (χ3n) is 30.2. The average molecular weight is 2080 g/mol. The molecule has 7 aromatic rings. The number of ether oxygens (including phenoxy) is 2. The number of Topliss-reactive ketones (excluding diaryl/α,β-unsaturated/α-hetero) is 4. The highest BCUT2D eigenvalue weighted by Gasteiger charge is 2.35. The van der Waals surface area contributed by atoms with Gasteiger partial charge in [0, 0.05) is 107 Å². The molecule has 0 saturated carbocycles. The van der Waals surface area contributed by atoms with E-state index in [0.29, 0.717) is 77.6 Å². The Bertz CT molecular complexity index is 4150. The lowest BCUT2D eigenvalue weighted by molar-refractivity contribution is -0.897. The molecule has 0 spiro atoms. The summed E-state index contributed by atoms with van der Waals surface area (Å²) in [5, 5.41) is 2.70. The first-order chi connectivity index (χ1) is 67.8. The number of anilines is 1. The first kappa shape index (κ1) is 117. The van der Waals surface area contributed by atoms with Gasteiger partial charge in [-0.2, -0.15) is 0 Å². The molecule has 0 aromatic heterocycles. The molecular formula is C119H185BrN9O6S5+5. The van der Waals surface area contributed by atoms with Crippen LogP contribution in [-0.4, -0.2) is 334 Å². The van der Waals surface area contributed by atoms with Crippen LogP contribution in [0.15, 0.2) is 187 Å². The van der Waals surface area contributed by atoms with E-state index in [9.17, 15) is 19.2 Å². The van der Waals surface area contributed by atoms with Crippen LogP contribution in [0.3, 0.4) is 0 Å². The summed E-state index contributed by atoms with van der Waals surface area (Å²) >= 11 is 0. The van der Waals surface area contributed by atoms with E-state index in [-0.39, 0.29) is 17.0 Å². The van der Waals surface area contributed by atoms with Gasteiger partial charge in [-0.25, -0.2) is 0 Å². The van der Waals surface area contributed by atoms with Gasteiger partial charge in [-0.3, -0.25) is 19.2 Å². The molecule has 0 aliphatic carbocycles. The maximum absolute atomic E-state index is 11.8. The molecule has 20 rings (SSSR count). The van der Waals surface area contributed by atoms with Gasteiger partial charge in [-0.05, 0) is 360 Å². The smallest absolute Gasteiger partial charge is 0.211 e. The van der Waals surface area contributed by atoms with Gasteiger partial charge in [-0.1, -0.05) is 166 Å². The number of likely N-dealkylation sites (tertiary alicyclic amines) is 7. The molecule has 0 bridgehead atoms. The number of piperidine rings is 7. The number of unbranched alkanes of at least 4 members (excludes halogenated alkanes) is 1. The van der Waals surface area contributed by atoms with Crippen LogP contribution in [0.5, 0.6) is 11.5 Å². The van der Waals surface area contributed by atoms with Crippen molar-refractivity contribution in [1.29, 1.82) is 0 Å². The Labute approximate surface area is 875 Å². The molecule has 7 aromatic carbocycles. The second-order valence-electron chi connectivity index (χ2n) is 42.0. The van der Waals surface area contributed by atoms with E-state index >= 15 is 0 Å². The van der Waals surface area contributed by atoms with Crippen LogP contribution >= 0.6 is 0 Å². The van der Waals surface area contributed by atoms with Gasteiger partial charge in [0.2, 0.25) is 23.1 Å². The monoisotopic (exact) mass is 2080 g/mol. The summed E-state index contributed by atoms with van der Waals surface area (Å²) in [6.45, 7) is 24.0. The number of fused-ring (bicyclic) bond motifs is 1. The minimum absolute atomic E-state index is 0. The van der Waals surface area contributed by atoms with Crippen molar-refractivity contribution in [2.45, 2.75) is 235 Å². The Kier molecular flexibility index (Phi) is 55.8. The summed E-state index contributed by atoms with van der Waals surface area (Å²) in [5.74, 6) is 19.4. The van der Waals surface area contributed by atoms with Gasteiger partial charge in [0.25, 0.3) is 0 Å². The molecule has 0 radical (unpaired) electrons. The third kappa shape index (κ3) is 42.9. The Hall–Kier alpha value is -5.21. The number of hydrogen-bond donors (Lipinski definition) is 0. The molecule has 13 saturated heterocycles. The van der Waals surface area contributed by atoms with Crippen LogP contribution in [0, 0.1) is 0 Å². The van der Waals surface area contributed by atoms with Crippen molar-refractivity contribution < 1.29 is 50.1 Å². The third-order valence-corrected chi connectivity index (χ3v) is 42.4. The highest BCUT2D eigenvalue weighted by molar-refractivity contribution is 7.98. The fourth-order valence-electron chi connectivity index (χ4n) is 21.3. The van der Waals surface area contributed by atoms with Crippen molar-refractivity contribution in [3.8, 4) is 11.5 Å². The second kappa shape index (κ2) is 66.9. The highest BCUT2D eigenvalue weighted by atomic mass is 79.9. The summed E-state index contributed by atoms with van der Waals surface area (Å²) in [6, 6.07) is 63.9. The molecule has 15 nitrogen and oxygen atoms in total. The second-order valence-corrected chi connectivity index (χ2v) is 53.6. The first-order valence-electron chi connectivity index (χ1n) is 54.7. The van der Waals surface area contributed by atoms with Gasteiger partial charge in [0.05, 0.1) is 40.9 Å². The van der Waals surface area contributed by atoms with Crippen LogP contribution in [0.1, 0.15) is 247 Å². The zero-order valence-electron chi connectivity index (χ0n) is 88.4. The maximum Gasteiger partial charge on any atom is 0.211 e. The van der Waals surface area contributed by atoms with Crippen LogP contribution in [0.2, 0.25) is 0 Å². The fourth-order valence-corrected chi connectivity index (χ4v) is 32.8. The normalized spacial score (nSPS) is 20.7. The fraction of sp³-hybridized carbons (Fsp3) is 0.630. The van der Waals surface area contributed by atoms with Crippen molar-refractivity contribution in [2.75, 3.05) is 253 Å². The summed E-state index contributed by atoms with van der Waals surface area (Å²) in [6.07, 6.45) is 42.4. The van der Waals surface area contributed by atoms with Crippen molar-refractivity contribution in [3.05, 3.63) is 204 Å². The van der Waals surface area contributed by atoms with Gasteiger partial charge < -0.3 is 70.1 Å². The molecule has 0 N–H and O–H groups in total. The number of carbonyl (C=O) groups excluding carboxylic acids is 4. The number of hydrogen-bond acceptors (Lipinski definition) is 14. The Balaban J connectivity index is 0.000000161. The Morgan fingerprint density at radius 1 is 0.321 bits per heavy atom. The largest absolute Gasteiger partial charge is 1.00 e. The van der Waals surface area contributed by atoms with E-state index in [2.05, 4.69) is 144 Å². The number of ketones is 4. The van der Waals surface area contributed by atoms with E-state index in [4.69, 9.17) is 9.47 Å². The quantitative estimate of drug-likeness (QED) is 0.0262. The van der Waals surface area contributed by atoms with Crippen LogP contribution in [-0.2, 0) is 54.5 Å². The zero-order valence-corrected chi connectivity index (χ0v) is 94.0. The number of quaternary nitrogens is 1. The first-order valence-corrected chi connectivity index (χ1v) is 63.2. The van der Waals surface area contributed by atoms with E-state index in [1.807, 2.05) is 133 Å². The average Bonchev–Trinajstić information content (AvgIpc) is 1.23.